The molecule has 0 saturated carbocycles. The number of aliphatic hydroxyl groups is 2. The molecular weight excluding hydrogens is 540 g/mol. The molecule has 2 bridgehead atoms. The Balaban J connectivity index is 0.00000186. The second-order valence-corrected chi connectivity index (χ2v) is 11.0. The monoisotopic (exact) mass is 598 g/mol. The first-order chi connectivity index (χ1) is 20.2. The Kier molecular flexibility index (Phi) is 24.5. The van der Waals surface area contributed by atoms with Crippen LogP contribution in [0.25, 0.3) is 0 Å². The van der Waals surface area contributed by atoms with Gasteiger partial charge in [-0.15, -0.1) is 0 Å². The molecule has 0 fully saturated rings. The van der Waals surface area contributed by atoms with E-state index in [2.05, 4.69) is 67.5 Å². The quantitative estimate of drug-likeness (QED) is 0.138. The average Bonchev–Trinajstić information content (AvgIpc) is 2.99. The van der Waals surface area contributed by atoms with Crippen molar-refractivity contribution < 1.29 is 43.4 Å². The predicted molar refractivity (Wildman–Crippen MR) is 165 cm³/mol. The zero-order valence-electron chi connectivity index (χ0n) is 27.2. The highest BCUT2D eigenvalue weighted by Gasteiger charge is 2.23. The minimum Gasteiger partial charge on any atom is -0.458 e. The van der Waals surface area contributed by atoms with Crippen molar-refractivity contribution in [3.63, 3.8) is 0 Å². The van der Waals surface area contributed by atoms with Gasteiger partial charge in [-0.3, -0.25) is 4.79 Å². The number of methoxy groups -OCH3 is 3. The second kappa shape index (κ2) is 25.6. The van der Waals surface area contributed by atoms with Crippen molar-refractivity contribution in [1.29, 1.82) is 0 Å². The van der Waals surface area contributed by atoms with Crippen LogP contribution in [0.15, 0.2) is 35.9 Å². The average molecular weight is 599 g/mol. The van der Waals surface area contributed by atoms with E-state index in [9.17, 15) is 4.79 Å². The van der Waals surface area contributed by atoms with Gasteiger partial charge in [-0.1, -0.05) is 57.5 Å². The Morgan fingerprint density at radius 3 is 2.33 bits per heavy atom. The smallest absolute Gasteiger partial charge is 0.306 e. The summed E-state index contributed by atoms with van der Waals surface area (Å²) < 4.78 is 30.2. The van der Waals surface area contributed by atoms with Crippen LogP contribution in [0.5, 0.6) is 0 Å². The number of cyclic esters (lactones) is 1. The molecule has 2 atom stereocenters. The van der Waals surface area contributed by atoms with Gasteiger partial charge in [-0.2, -0.15) is 0 Å². The van der Waals surface area contributed by atoms with Crippen molar-refractivity contribution in [2.24, 2.45) is 5.92 Å². The summed E-state index contributed by atoms with van der Waals surface area (Å²) in [5.74, 6) is 0.170. The lowest BCUT2D eigenvalue weighted by Gasteiger charge is -2.27. The fourth-order valence-corrected chi connectivity index (χ4v) is 4.45. The van der Waals surface area contributed by atoms with E-state index in [0.717, 1.165) is 50.5 Å². The molecule has 1 aliphatic heterocycles. The summed E-state index contributed by atoms with van der Waals surface area (Å²) in [5.41, 5.74) is 3.97. The molecule has 2 N–H and O–H groups in total. The number of hydrogen-bond donors (Lipinski definition) is 2. The van der Waals surface area contributed by atoms with E-state index in [4.69, 9.17) is 29.2 Å². The molecule has 0 aliphatic carbocycles. The van der Waals surface area contributed by atoms with Crippen LogP contribution in [-0.2, 0) is 45.1 Å². The van der Waals surface area contributed by atoms with Crippen molar-refractivity contribution in [3.8, 4) is 0 Å². The van der Waals surface area contributed by atoms with Crippen LogP contribution in [0, 0.1) is 5.92 Å². The molecule has 42 heavy (non-hydrogen) atoms. The Morgan fingerprint density at radius 1 is 1.02 bits per heavy atom. The Morgan fingerprint density at radius 2 is 1.71 bits per heavy atom. The third-order valence-electron chi connectivity index (χ3n) is 7.07. The number of hydrogen-bond acceptors (Lipinski definition) is 9. The minimum atomic E-state index is -0.181. The van der Waals surface area contributed by atoms with Crippen LogP contribution in [0.3, 0.4) is 0 Å². The molecule has 1 unspecified atom stereocenters. The van der Waals surface area contributed by atoms with E-state index in [1.165, 1.54) is 25.3 Å². The van der Waals surface area contributed by atoms with E-state index in [1.807, 2.05) is 0 Å². The number of carbonyl (C=O) groups excluding carboxylic acids is 1. The zero-order valence-corrected chi connectivity index (χ0v) is 27.2. The number of ether oxygens (including phenoxy) is 6. The third kappa shape index (κ3) is 19.4. The molecule has 0 amide bonds. The highest BCUT2D eigenvalue weighted by atomic mass is 16.7. The molecule has 2 rings (SSSR count). The summed E-state index contributed by atoms with van der Waals surface area (Å²) in [6, 6.07) is 8.89. The van der Waals surface area contributed by atoms with Gasteiger partial charge in [0.25, 0.3) is 0 Å². The summed E-state index contributed by atoms with van der Waals surface area (Å²) >= 11 is 0. The first-order valence-electron chi connectivity index (χ1n) is 15.0. The standard InChI is InChI=1S/C29H46O5.2C2H6O2/c1-6-24(21-33-22-32-18-17-31-5)19-23(2)27-14-7-8-16-29(3,4)26-13-9-11-25(20-26)12-10-15-28(30)34-27;2*1-4-2-3/h9,11,13,19-20,24,27H,6-8,10,12,14-18,21-22H2,1-5H3;2*3H,2H2,1H3/b23-19-;;/t24?,27-;;/m0../s1. The van der Waals surface area contributed by atoms with Gasteiger partial charge < -0.3 is 38.6 Å². The predicted octanol–water partition coefficient (Wildman–Crippen LogP) is 5.55. The molecule has 9 heteroatoms. The number of fused-ring (bicyclic) bond motifs is 2. The van der Waals surface area contributed by atoms with E-state index < -0.39 is 0 Å². The Bertz CT molecular complexity index is 817. The molecule has 0 aromatic heterocycles. The zero-order chi connectivity index (χ0) is 31.6. The molecule has 1 aliphatic rings. The first kappa shape index (κ1) is 40.1. The fourth-order valence-electron chi connectivity index (χ4n) is 4.45. The van der Waals surface area contributed by atoms with Crippen molar-refractivity contribution in [2.75, 3.05) is 61.5 Å². The fraction of sp³-hybridized carbons (Fsp3) is 0.727. The maximum Gasteiger partial charge on any atom is 0.306 e. The molecule has 1 aromatic rings. The largest absolute Gasteiger partial charge is 0.458 e. The van der Waals surface area contributed by atoms with Gasteiger partial charge in [0.15, 0.2) is 0 Å². The molecule has 0 radical (unpaired) electrons. The molecule has 1 heterocycles. The SMILES string of the molecule is CCC(/C=C(/C)[C@@H]1CCCCC(C)(C)c2cccc(c2)CCCC(=O)O1)COCOCCOC.COCO.COCO. The van der Waals surface area contributed by atoms with Gasteiger partial charge in [0.05, 0.1) is 19.8 Å². The highest BCUT2D eigenvalue weighted by Crippen LogP contribution is 2.31. The minimum absolute atomic E-state index is 0.0952. The Hall–Kier alpha value is -1.85. The first-order valence-corrected chi connectivity index (χ1v) is 15.0. The van der Waals surface area contributed by atoms with E-state index in [-0.39, 0.29) is 43.8 Å². The van der Waals surface area contributed by atoms with Crippen molar-refractivity contribution in [1.82, 2.24) is 0 Å². The number of carbonyl (C=O) groups is 1. The van der Waals surface area contributed by atoms with Crippen LogP contribution in [0.4, 0.5) is 0 Å². The lowest BCUT2D eigenvalue weighted by molar-refractivity contribution is -0.147. The van der Waals surface area contributed by atoms with Crippen molar-refractivity contribution in [2.45, 2.75) is 90.6 Å². The highest BCUT2D eigenvalue weighted by molar-refractivity contribution is 5.69. The van der Waals surface area contributed by atoms with Gasteiger partial charge in [0.1, 0.15) is 26.5 Å². The van der Waals surface area contributed by atoms with E-state index in [0.29, 0.717) is 26.2 Å². The van der Waals surface area contributed by atoms with Crippen LogP contribution in [0.2, 0.25) is 0 Å². The van der Waals surface area contributed by atoms with E-state index in [1.54, 1.807) is 7.11 Å². The summed E-state index contributed by atoms with van der Waals surface area (Å²) in [5, 5.41) is 15.3. The molecule has 0 spiro atoms. The van der Waals surface area contributed by atoms with Gasteiger partial charge in [0, 0.05) is 33.7 Å². The van der Waals surface area contributed by atoms with Crippen LogP contribution in [-0.4, -0.2) is 83.8 Å². The van der Waals surface area contributed by atoms with Crippen LogP contribution in [0.1, 0.15) is 83.8 Å². The summed E-state index contributed by atoms with van der Waals surface area (Å²) in [4.78, 5) is 12.6. The second-order valence-electron chi connectivity index (χ2n) is 11.0. The van der Waals surface area contributed by atoms with Gasteiger partial charge in [-0.05, 0) is 67.6 Å². The van der Waals surface area contributed by atoms with Gasteiger partial charge in [0.2, 0.25) is 0 Å². The number of aliphatic hydroxyl groups excluding tert-OH is 2. The lowest BCUT2D eigenvalue weighted by Crippen LogP contribution is -2.22. The number of rotatable bonds is 12. The van der Waals surface area contributed by atoms with Gasteiger partial charge >= 0.3 is 5.97 Å². The molecule has 244 valence electrons. The lowest BCUT2D eigenvalue weighted by atomic mass is 9.79. The van der Waals surface area contributed by atoms with E-state index >= 15 is 0 Å². The van der Waals surface area contributed by atoms with Crippen molar-refractivity contribution >= 4 is 5.97 Å². The summed E-state index contributed by atoms with van der Waals surface area (Å²) in [7, 11) is 4.52. The third-order valence-corrected chi connectivity index (χ3v) is 7.07. The maximum absolute atomic E-state index is 12.6. The number of benzene rings is 1. The number of esters is 1. The molecule has 1 aromatic carbocycles. The topological polar surface area (TPSA) is 113 Å². The molecule has 9 nitrogen and oxygen atoms in total. The number of aryl methyl sites for hydroxylation is 1. The van der Waals surface area contributed by atoms with Crippen molar-refractivity contribution in [3.05, 3.63) is 47.0 Å². The van der Waals surface area contributed by atoms with Crippen LogP contribution >= 0.6 is 0 Å². The van der Waals surface area contributed by atoms with Crippen LogP contribution < -0.4 is 0 Å². The maximum atomic E-state index is 12.6. The molecular formula is C33H58O9. The summed E-state index contributed by atoms with van der Waals surface area (Å²) in [6.07, 6.45) is 9.32. The summed E-state index contributed by atoms with van der Waals surface area (Å²) in [6.45, 7) is 10.5. The molecule has 0 saturated heterocycles. The normalized spacial score (nSPS) is 18.4. The Labute approximate surface area is 254 Å². The van der Waals surface area contributed by atoms with Gasteiger partial charge in [-0.25, -0.2) is 0 Å².